The molecule has 0 bridgehead atoms. The van der Waals surface area contributed by atoms with E-state index >= 15 is 0 Å². The smallest absolute Gasteiger partial charge is 0.305 e. The number of aromatic amines is 1. The number of thioether (sulfide) groups is 1. The van der Waals surface area contributed by atoms with E-state index in [0.29, 0.717) is 5.75 Å². The Bertz CT molecular complexity index is 1750. The van der Waals surface area contributed by atoms with Crippen molar-refractivity contribution in [1.82, 2.24) is 20.5 Å². The maximum atomic E-state index is 13.6. The van der Waals surface area contributed by atoms with Gasteiger partial charge in [-0.3, -0.25) is 24.0 Å². The second kappa shape index (κ2) is 16.1. The van der Waals surface area contributed by atoms with Crippen LogP contribution in [0.5, 0.6) is 0 Å². The number of rotatable bonds is 16. The van der Waals surface area contributed by atoms with Crippen molar-refractivity contribution in [3.8, 4) is 0 Å². The van der Waals surface area contributed by atoms with Crippen molar-refractivity contribution in [3.63, 3.8) is 0 Å². The van der Waals surface area contributed by atoms with Crippen molar-refractivity contribution in [3.05, 3.63) is 84.1 Å². The zero-order valence-corrected chi connectivity index (χ0v) is 27.1. The SMILES string of the molecule is CSCC[C@@H](C(=O)N[C@@H](CC(=O)O)C(=O)N[C@@H](Cc1cccc2ccccc12)C(N)=O)N(C)C(=O)[C@@H](N)Cc1c[nH]c2ccccc12. The second-order valence-electron chi connectivity index (χ2n) is 11.4. The van der Waals surface area contributed by atoms with Crippen LogP contribution in [-0.2, 0) is 36.8 Å². The number of carboxylic acid groups (broad SMARTS) is 1. The van der Waals surface area contributed by atoms with Gasteiger partial charge in [0, 0.05) is 30.6 Å². The molecular formula is C34H40N6O6S. The number of carbonyl (C=O) groups excluding carboxylic acids is 4. The van der Waals surface area contributed by atoms with Crippen LogP contribution >= 0.6 is 11.8 Å². The molecule has 0 fully saturated rings. The van der Waals surface area contributed by atoms with Gasteiger partial charge in [0.05, 0.1) is 12.5 Å². The van der Waals surface area contributed by atoms with Crippen molar-refractivity contribution in [1.29, 1.82) is 0 Å². The third-order valence-corrected chi connectivity index (χ3v) is 8.76. The van der Waals surface area contributed by atoms with E-state index in [-0.39, 0.29) is 19.3 Å². The maximum Gasteiger partial charge on any atom is 0.305 e. The quantitative estimate of drug-likeness (QED) is 0.105. The fourth-order valence-electron chi connectivity index (χ4n) is 5.61. The number of aromatic nitrogens is 1. The number of carbonyl (C=O) groups is 5. The third kappa shape index (κ3) is 8.89. The highest BCUT2D eigenvalue weighted by atomic mass is 32.2. The predicted octanol–water partition coefficient (Wildman–Crippen LogP) is 1.94. The van der Waals surface area contributed by atoms with Crippen molar-refractivity contribution in [2.45, 2.75) is 49.9 Å². The van der Waals surface area contributed by atoms with Gasteiger partial charge in [0.15, 0.2) is 0 Å². The van der Waals surface area contributed by atoms with Gasteiger partial charge in [0.2, 0.25) is 23.6 Å². The zero-order chi connectivity index (χ0) is 34.1. The normalized spacial score (nSPS) is 13.8. The molecule has 12 nitrogen and oxygen atoms in total. The number of H-pyrrole nitrogens is 1. The summed E-state index contributed by atoms with van der Waals surface area (Å²) in [4.78, 5) is 69.1. The number of para-hydroxylation sites is 1. The number of amides is 4. The molecule has 0 radical (unpaired) electrons. The molecule has 0 spiro atoms. The molecule has 3 aromatic carbocycles. The number of nitrogens with two attached hydrogens (primary N) is 2. The Balaban J connectivity index is 1.48. The molecule has 47 heavy (non-hydrogen) atoms. The molecule has 248 valence electrons. The summed E-state index contributed by atoms with van der Waals surface area (Å²) in [6.45, 7) is 0. The minimum atomic E-state index is -1.55. The summed E-state index contributed by atoms with van der Waals surface area (Å²) in [6, 6.07) is 16.0. The van der Waals surface area contributed by atoms with Crippen LogP contribution in [0.3, 0.4) is 0 Å². The molecule has 4 aromatic rings. The average molecular weight is 661 g/mol. The highest BCUT2D eigenvalue weighted by molar-refractivity contribution is 7.98. The molecule has 4 rings (SSSR count). The number of primary amides is 1. The highest BCUT2D eigenvalue weighted by Crippen LogP contribution is 2.21. The van der Waals surface area contributed by atoms with E-state index in [1.54, 1.807) is 6.20 Å². The molecule has 0 saturated heterocycles. The molecule has 0 aliphatic carbocycles. The first kappa shape index (κ1) is 35.0. The van der Waals surface area contributed by atoms with Crippen molar-refractivity contribution in [2.24, 2.45) is 11.5 Å². The van der Waals surface area contributed by atoms with Crippen molar-refractivity contribution >= 4 is 63.0 Å². The van der Waals surface area contributed by atoms with Gasteiger partial charge < -0.3 is 37.1 Å². The Hall–Kier alpha value is -4.88. The van der Waals surface area contributed by atoms with Crippen LogP contribution in [0.25, 0.3) is 21.7 Å². The lowest BCUT2D eigenvalue weighted by atomic mass is 9.98. The van der Waals surface area contributed by atoms with E-state index in [4.69, 9.17) is 11.5 Å². The molecule has 0 aliphatic rings. The lowest BCUT2D eigenvalue weighted by Crippen LogP contribution is -2.58. The van der Waals surface area contributed by atoms with E-state index in [9.17, 15) is 29.1 Å². The number of carboxylic acids is 1. The number of likely N-dealkylation sites (N-methyl/N-ethyl adjacent to an activating group) is 1. The summed E-state index contributed by atoms with van der Waals surface area (Å²) in [5.41, 5.74) is 14.5. The highest BCUT2D eigenvalue weighted by Gasteiger charge is 2.34. The van der Waals surface area contributed by atoms with Gasteiger partial charge in [0.1, 0.15) is 18.1 Å². The summed E-state index contributed by atoms with van der Waals surface area (Å²) in [5, 5.41) is 17.4. The molecule has 0 unspecified atom stereocenters. The fraction of sp³-hybridized carbons (Fsp3) is 0.324. The second-order valence-corrected chi connectivity index (χ2v) is 12.4. The molecule has 1 heterocycles. The van der Waals surface area contributed by atoms with Crippen LogP contribution in [0.4, 0.5) is 0 Å². The number of hydrogen-bond acceptors (Lipinski definition) is 7. The third-order valence-electron chi connectivity index (χ3n) is 8.12. The molecule has 4 atom stereocenters. The minimum Gasteiger partial charge on any atom is -0.481 e. The van der Waals surface area contributed by atoms with E-state index < -0.39 is 60.2 Å². The molecule has 8 N–H and O–H groups in total. The zero-order valence-electron chi connectivity index (χ0n) is 26.3. The first-order valence-electron chi connectivity index (χ1n) is 15.1. The predicted molar refractivity (Wildman–Crippen MR) is 182 cm³/mol. The largest absolute Gasteiger partial charge is 0.481 e. The van der Waals surface area contributed by atoms with Crippen LogP contribution in [0, 0.1) is 0 Å². The lowest BCUT2D eigenvalue weighted by molar-refractivity contribution is -0.143. The number of benzene rings is 3. The van der Waals surface area contributed by atoms with Crippen LogP contribution < -0.4 is 22.1 Å². The van der Waals surface area contributed by atoms with E-state index in [1.165, 1.54) is 23.7 Å². The monoisotopic (exact) mass is 660 g/mol. The standard InChI is InChI=1S/C34H40N6O6S/c1-40(34(46)25(35)16-22-19-37-26-13-6-5-12-24(22)26)29(14-15-47-2)33(45)39-28(18-30(41)42)32(44)38-27(31(36)43)17-21-10-7-9-20-8-3-4-11-23(20)21/h3-13,19,25,27-29,37H,14-18,35H2,1-2H3,(H2,36,43)(H,38,44)(H,39,45)(H,41,42)/t25-,27-,28-,29-/m0/s1. The first-order valence-corrected chi connectivity index (χ1v) is 16.5. The summed E-state index contributed by atoms with van der Waals surface area (Å²) in [7, 11) is 1.46. The fourth-order valence-corrected chi connectivity index (χ4v) is 6.07. The topological polar surface area (TPSA) is 201 Å². The van der Waals surface area contributed by atoms with Gasteiger partial charge in [-0.25, -0.2) is 0 Å². The molecular weight excluding hydrogens is 620 g/mol. The number of aliphatic carboxylic acids is 1. The van der Waals surface area contributed by atoms with Crippen LogP contribution in [0.2, 0.25) is 0 Å². The van der Waals surface area contributed by atoms with E-state index in [2.05, 4.69) is 15.6 Å². The summed E-state index contributed by atoms with van der Waals surface area (Å²) >= 11 is 1.46. The average Bonchev–Trinajstić information content (AvgIpc) is 3.46. The number of nitrogens with zero attached hydrogens (tertiary/aromatic N) is 1. The van der Waals surface area contributed by atoms with Gasteiger partial charge in [-0.2, -0.15) is 11.8 Å². The van der Waals surface area contributed by atoms with Gasteiger partial charge in [-0.1, -0.05) is 60.7 Å². The summed E-state index contributed by atoms with van der Waals surface area (Å²) in [5.74, 6) is -3.77. The summed E-state index contributed by atoms with van der Waals surface area (Å²) < 4.78 is 0. The Morgan fingerprint density at radius 2 is 1.53 bits per heavy atom. The molecule has 0 aliphatic heterocycles. The van der Waals surface area contributed by atoms with Crippen LogP contribution in [0.15, 0.2) is 72.9 Å². The lowest BCUT2D eigenvalue weighted by Gasteiger charge is -2.31. The van der Waals surface area contributed by atoms with Gasteiger partial charge in [0.25, 0.3) is 0 Å². The van der Waals surface area contributed by atoms with Crippen molar-refractivity contribution < 1.29 is 29.1 Å². The van der Waals surface area contributed by atoms with Gasteiger partial charge >= 0.3 is 5.97 Å². The molecule has 13 heteroatoms. The maximum absolute atomic E-state index is 13.6. The molecule has 0 saturated carbocycles. The van der Waals surface area contributed by atoms with Crippen LogP contribution in [-0.4, -0.2) is 87.8 Å². The molecule has 4 amide bonds. The van der Waals surface area contributed by atoms with E-state index in [0.717, 1.165) is 32.8 Å². The first-order chi connectivity index (χ1) is 22.5. The Morgan fingerprint density at radius 1 is 0.872 bits per heavy atom. The number of fused-ring (bicyclic) bond motifs is 2. The Morgan fingerprint density at radius 3 is 2.23 bits per heavy atom. The van der Waals surface area contributed by atoms with Gasteiger partial charge in [-0.15, -0.1) is 0 Å². The molecule has 1 aromatic heterocycles. The number of hydrogen-bond donors (Lipinski definition) is 6. The van der Waals surface area contributed by atoms with Crippen LogP contribution in [0.1, 0.15) is 24.0 Å². The number of nitrogens with one attached hydrogen (secondary N) is 3. The Labute approximate surface area is 276 Å². The van der Waals surface area contributed by atoms with E-state index in [1.807, 2.05) is 73.0 Å². The Kier molecular flexibility index (Phi) is 12.0. The summed E-state index contributed by atoms with van der Waals surface area (Å²) in [6.07, 6.45) is 3.38. The minimum absolute atomic E-state index is 0.0536. The van der Waals surface area contributed by atoms with Crippen molar-refractivity contribution in [2.75, 3.05) is 19.1 Å². The van der Waals surface area contributed by atoms with Gasteiger partial charge in [-0.05, 0) is 52.8 Å².